The van der Waals surface area contributed by atoms with Gasteiger partial charge in [0.2, 0.25) is 0 Å². The first-order valence-corrected chi connectivity index (χ1v) is 8.62. The Morgan fingerprint density at radius 2 is 1.73 bits per heavy atom. The van der Waals surface area contributed by atoms with Crippen molar-refractivity contribution in [3.63, 3.8) is 0 Å². The summed E-state index contributed by atoms with van der Waals surface area (Å²) in [5.41, 5.74) is 4.89. The molecule has 0 spiro atoms. The number of rotatable bonds is 6. The molecular weight excluding hydrogens is 324 g/mol. The smallest absolute Gasteiger partial charge is 0.271 e. The van der Waals surface area contributed by atoms with Gasteiger partial charge in [-0.2, -0.15) is 0 Å². The van der Waals surface area contributed by atoms with Gasteiger partial charge >= 0.3 is 0 Å². The standard InChI is InChI=1S/C21H22N4O/c1-15-8-9-18(14-16(15)2)23-20-11-10-19(24-25-20)21(26)22-13-12-17-6-4-3-5-7-17/h3-11,14H,12-13H2,1-2H3,(H,22,26)(H,23,25). The molecule has 0 fully saturated rings. The maximum atomic E-state index is 12.2. The quantitative estimate of drug-likeness (QED) is 0.712. The monoisotopic (exact) mass is 346 g/mol. The van der Waals surface area contributed by atoms with Crippen LogP contribution < -0.4 is 10.6 Å². The van der Waals surface area contributed by atoms with E-state index in [1.54, 1.807) is 12.1 Å². The number of aromatic nitrogens is 2. The predicted octanol–water partition coefficient (Wildman–Crippen LogP) is 3.81. The Morgan fingerprint density at radius 1 is 0.923 bits per heavy atom. The van der Waals surface area contributed by atoms with Crippen LogP contribution in [0.25, 0.3) is 0 Å². The molecule has 2 N–H and O–H groups in total. The summed E-state index contributed by atoms with van der Waals surface area (Å²) in [6.07, 6.45) is 0.784. The number of amides is 1. The summed E-state index contributed by atoms with van der Waals surface area (Å²) >= 11 is 0. The highest BCUT2D eigenvalue weighted by molar-refractivity contribution is 5.92. The molecule has 0 unspecified atom stereocenters. The third kappa shape index (κ3) is 4.66. The summed E-state index contributed by atoms with van der Waals surface area (Å²) in [7, 11) is 0. The van der Waals surface area contributed by atoms with Gasteiger partial charge in [-0.1, -0.05) is 36.4 Å². The van der Waals surface area contributed by atoms with Gasteiger partial charge in [-0.15, -0.1) is 10.2 Å². The average Bonchev–Trinajstić information content (AvgIpc) is 2.66. The van der Waals surface area contributed by atoms with E-state index >= 15 is 0 Å². The van der Waals surface area contributed by atoms with Gasteiger partial charge in [-0.25, -0.2) is 0 Å². The Bertz CT molecular complexity index is 876. The third-order valence-corrected chi connectivity index (χ3v) is 4.22. The zero-order chi connectivity index (χ0) is 18.4. The maximum Gasteiger partial charge on any atom is 0.271 e. The first-order valence-electron chi connectivity index (χ1n) is 8.62. The van der Waals surface area contributed by atoms with Crippen molar-refractivity contribution < 1.29 is 4.79 Å². The summed E-state index contributed by atoms with van der Waals surface area (Å²) in [6, 6.07) is 19.6. The number of nitrogens with zero attached hydrogens (tertiary/aromatic N) is 2. The molecule has 1 amide bonds. The van der Waals surface area contributed by atoms with E-state index in [1.807, 2.05) is 36.4 Å². The SMILES string of the molecule is Cc1ccc(Nc2ccc(C(=O)NCCc3ccccc3)nn2)cc1C. The van der Waals surface area contributed by atoms with E-state index in [0.29, 0.717) is 18.1 Å². The largest absolute Gasteiger partial charge is 0.350 e. The molecule has 0 saturated heterocycles. The second-order valence-electron chi connectivity index (χ2n) is 6.22. The van der Waals surface area contributed by atoms with Crippen molar-refractivity contribution >= 4 is 17.4 Å². The molecular formula is C21H22N4O. The minimum Gasteiger partial charge on any atom is -0.350 e. The molecule has 3 aromatic rings. The number of hydrogen-bond acceptors (Lipinski definition) is 4. The van der Waals surface area contributed by atoms with Crippen LogP contribution in [0.15, 0.2) is 60.7 Å². The molecule has 0 aliphatic carbocycles. The number of aryl methyl sites for hydroxylation is 2. The highest BCUT2D eigenvalue weighted by Crippen LogP contribution is 2.17. The first kappa shape index (κ1) is 17.6. The zero-order valence-electron chi connectivity index (χ0n) is 15.0. The Balaban J connectivity index is 1.54. The lowest BCUT2D eigenvalue weighted by molar-refractivity contribution is 0.0948. The molecule has 0 radical (unpaired) electrons. The minimum absolute atomic E-state index is 0.217. The topological polar surface area (TPSA) is 66.9 Å². The van der Waals surface area contributed by atoms with Crippen molar-refractivity contribution in [2.45, 2.75) is 20.3 Å². The van der Waals surface area contributed by atoms with Gasteiger partial charge in [0.05, 0.1) is 0 Å². The Labute approximate surface area is 153 Å². The van der Waals surface area contributed by atoms with Gasteiger partial charge in [0.15, 0.2) is 11.5 Å². The van der Waals surface area contributed by atoms with E-state index in [4.69, 9.17) is 0 Å². The molecule has 0 aliphatic heterocycles. The van der Waals surface area contributed by atoms with Gasteiger partial charge in [0.1, 0.15) is 0 Å². The molecule has 5 heteroatoms. The third-order valence-electron chi connectivity index (χ3n) is 4.22. The Hall–Kier alpha value is -3.21. The van der Waals surface area contributed by atoms with Crippen molar-refractivity contribution in [3.05, 3.63) is 83.0 Å². The second-order valence-corrected chi connectivity index (χ2v) is 6.22. The molecule has 0 saturated carbocycles. The molecule has 0 aliphatic rings. The maximum absolute atomic E-state index is 12.2. The van der Waals surface area contributed by atoms with E-state index in [9.17, 15) is 4.79 Å². The first-order chi connectivity index (χ1) is 12.6. The van der Waals surface area contributed by atoms with Gasteiger partial charge < -0.3 is 10.6 Å². The van der Waals surface area contributed by atoms with Crippen LogP contribution in [0, 0.1) is 13.8 Å². The number of nitrogens with one attached hydrogen (secondary N) is 2. The second kappa shape index (κ2) is 8.25. The predicted molar refractivity (Wildman–Crippen MR) is 104 cm³/mol. The van der Waals surface area contributed by atoms with Crippen LogP contribution in [0.1, 0.15) is 27.2 Å². The van der Waals surface area contributed by atoms with Crippen LogP contribution in [0.3, 0.4) is 0 Å². The minimum atomic E-state index is -0.217. The van der Waals surface area contributed by atoms with Crippen molar-refractivity contribution in [2.24, 2.45) is 0 Å². The van der Waals surface area contributed by atoms with Crippen LogP contribution in [0.2, 0.25) is 0 Å². The highest BCUT2D eigenvalue weighted by atomic mass is 16.1. The number of hydrogen-bond donors (Lipinski definition) is 2. The van der Waals surface area contributed by atoms with Gasteiger partial charge in [-0.05, 0) is 61.2 Å². The number of benzene rings is 2. The molecule has 3 rings (SSSR count). The lowest BCUT2D eigenvalue weighted by Gasteiger charge is -2.08. The highest BCUT2D eigenvalue weighted by Gasteiger charge is 2.08. The number of carbonyl (C=O) groups is 1. The fraction of sp³-hybridized carbons (Fsp3) is 0.190. The normalized spacial score (nSPS) is 10.4. The van der Waals surface area contributed by atoms with Gasteiger partial charge in [0.25, 0.3) is 5.91 Å². The molecule has 1 aromatic heterocycles. The van der Waals surface area contributed by atoms with Gasteiger partial charge in [0, 0.05) is 12.2 Å². The van der Waals surface area contributed by atoms with E-state index < -0.39 is 0 Å². The molecule has 0 bridgehead atoms. The summed E-state index contributed by atoms with van der Waals surface area (Å²) < 4.78 is 0. The van der Waals surface area contributed by atoms with Crippen LogP contribution in [-0.2, 0) is 6.42 Å². The zero-order valence-corrected chi connectivity index (χ0v) is 15.0. The van der Waals surface area contributed by atoms with Crippen molar-refractivity contribution in [3.8, 4) is 0 Å². The van der Waals surface area contributed by atoms with Crippen molar-refractivity contribution in [1.82, 2.24) is 15.5 Å². The van der Waals surface area contributed by atoms with Crippen LogP contribution >= 0.6 is 0 Å². The van der Waals surface area contributed by atoms with E-state index in [1.165, 1.54) is 16.7 Å². The molecule has 2 aromatic carbocycles. The van der Waals surface area contributed by atoms with E-state index in [0.717, 1.165) is 12.1 Å². The number of anilines is 2. The Kier molecular flexibility index (Phi) is 5.59. The summed E-state index contributed by atoms with van der Waals surface area (Å²) in [5, 5.41) is 14.2. The van der Waals surface area contributed by atoms with E-state index in [2.05, 4.69) is 46.8 Å². The van der Waals surface area contributed by atoms with Crippen molar-refractivity contribution in [1.29, 1.82) is 0 Å². The number of carbonyl (C=O) groups excluding carboxylic acids is 1. The average molecular weight is 346 g/mol. The van der Waals surface area contributed by atoms with Crippen LogP contribution in [0.5, 0.6) is 0 Å². The van der Waals surface area contributed by atoms with Gasteiger partial charge in [-0.3, -0.25) is 4.79 Å². The summed E-state index contributed by atoms with van der Waals surface area (Å²) in [4.78, 5) is 12.2. The molecule has 5 nitrogen and oxygen atoms in total. The van der Waals surface area contributed by atoms with Crippen molar-refractivity contribution in [2.75, 3.05) is 11.9 Å². The fourth-order valence-electron chi connectivity index (χ4n) is 2.54. The Morgan fingerprint density at radius 3 is 2.42 bits per heavy atom. The van der Waals surface area contributed by atoms with E-state index in [-0.39, 0.29) is 5.91 Å². The molecule has 132 valence electrons. The summed E-state index contributed by atoms with van der Waals surface area (Å²) in [5.74, 6) is 0.389. The molecule has 0 atom stereocenters. The molecule has 26 heavy (non-hydrogen) atoms. The fourth-order valence-corrected chi connectivity index (χ4v) is 2.54. The lowest BCUT2D eigenvalue weighted by Crippen LogP contribution is -2.26. The summed E-state index contributed by atoms with van der Waals surface area (Å²) in [6.45, 7) is 4.70. The van der Waals surface area contributed by atoms with Crippen LogP contribution in [-0.4, -0.2) is 22.6 Å². The lowest BCUT2D eigenvalue weighted by atomic mass is 10.1. The molecule has 1 heterocycles. The van der Waals surface area contributed by atoms with Crippen LogP contribution in [0.4, 0.5) is 11.5 Å².